The number of hydrogen-bond acceptors (Lipinski definition) is 7. The van der Waals surface area contributed by atoms with Crippen molar-refractivity contribution in [2.45, 2.75) is 83.5 Å². The molecule has 0 aliphatic carbocycles. The fraction of sp³-hybridized carbons (Fsp3) is 0.636. The van der Waals surface area contributed by atoms with Crippen molar-refractivity contribution in [3.63, 3.8) is 0 Å². The summed E-state index contributed by atoms with van der Waals surface area (Å²) in [5.41, 5.74) is 3.75. The summed E-state index contributed by atoms with van der Waals surface area (Å²) in [4.78, 5) is 45.7. The second-order valence-electron chi connectivity index (χ2n) is 12.9. The zero-order valence-corrected chi connectivity index (χ0v) is 26.8. The molecule has 0 bridgehead atoms. The molecule has 3 aliphatic rings. The van der Waals surface area contributed by atoms with E-state index < -0.39 is 17.7 Å². The number of piperidine rings is 1. The van der Waals surface area contributed by atoms with Gasteiger partial charge in [0.25, 0.3) is 5.91 Å². The maximum atomic E-state index is 13.9. The van der Waals surface area contributed by atoms with Gasteiger partial charge in [-0.15, -0.1) is 0 Å². The van der Waals surface area contributed by atoms with Gasteiger partial charge in [-0.25, -0.2) is 4.68 Å². The number of rotatable bonds is 9. The van der Waals surface area contributed by atoms with E-state index >= 15 is 0 Å². The number of amides is 3. The van der Waals surface area contributed by atoms with Crippen LogP contribution in [-0.2, 0) is 20.9 Å². The number of aliphatic hydroxyl groups excluding tert-OH is 1. The van der Waals surface area contributed by atoms with Gasteiger partial charge in [0.1, 0.15) is 11.6 Å². The second-order valence-corrected chi connectivity index (χ2v) is 12.9. The van der Waals surface area contributed by atoms with E-state index in [0.29, 0.717) is 70.6 Å². The highest BCUT2D eigenvalue weighted by Gasteiger charge is 2.55. The summed E-state index contributed by atoms with van der Waals surface area (Å²) in [7, 11) is 3.48. The van der Waals surface area contributed by atoms with Crippen LogP contribution < -0.4 is 5.32 Å². The maximum absolute atomic E-state index is 13.9. The third-order valence-electron chi connectivity index (χ3n) is 9.85. The highest BCUT2D eigenvalue weighted by molar-refractivity contribution is 6.00. The largest absolute Gasteiger partial charge is 0.390 e. The number of aliphatic hydroxyl groups is 1. The minimum absolute atomic E-state index is 0.0406. The SMILES string of the molecule is CCCCN1C(=O)[C@@H]([C@H](O)C2CCOCC2)NC(=O)C12CCN(Cc1c(C)nn(-c3ccc(C(=O)N(C)C)cc3)c1C)CC2. The average molecular weight is 609 g/mol. The lowest BCUT2D eigenvalue weighted by Gasteiger charge is -2.52. The normalized spacial score (nSPS) is 21.9. The molecule has 2 aromatic rings. The molecule has 11 heteroatoms. The molecular formula is C33H48N6O5. The smallest absolute Gasteiger partial charge is 0.253 e. The number of hydrogen-bond donors (Lipinski definition) is 2. The van der Waals surface area contributed by atoms with E-state index in [2.05, 4.69) is 24.1 Å². The third-order valence-corrected chi connectivity index (χ3v) is 9.85. The Morgan fingerprint density at radius 1 is 1.14 bits per heavy atom. The van der Waals surface area contributed by atoms with Crippen LogP contribution in [-0.4, -0.2) is 112 Å². The fourth-order valence-corrected chi connectivity index (χ4v) is 7.00. The minimum atomic E-state index is -0.913. The zero-order chi connectivity index (χ0) is 31.6. The first-order valence-electron chi connectivity index (χ1n) is 16.0. The molecule has 2 N–H and O–H groups in total. The van der Waals surface area contributed by atoms with Crippen LogP contribution in [0, 0.1) is 19.8 Å². The van der Waals surface area contributed by atoms with Crippen molar-refractivity contribution in [2.75, 3.05) is 46.9 Å². The van der Waals surface area contributed by atoms with Crippen LogP contribution in [0.2, 0.25) is 0 Å². The number of aromatic nitrogens is 2. The summed E-state index contributed by atoms with van der Waals surface area (Å²) in [6, 6.07) is 6.58. The van der Waals surface area contributed by atoms with Crippen molar-refractivity contribution in [1.82, 2.24) is 29.8 Å². The fourth-order valence-electron chi connectivity index (χ4n) is 7.00. The lowest BCUT2D eigenvalue weighted by molar-refractivity contribution is -0.166. The summed E-state index contributed by atoms with van der Waals surface area (Å²) >= 11 is 0. The molecule has 0 saturated carbocycles. The van der Waals surface area contributed by atoms with Crippen molar-refractivity contribution in [2.24, 2.45) is 5.92 Å². The average Bonchev–Trinajstić information content (AvgIpc) is 3.31. The Morgan fingerprint density at radius 3 is 2.41 bits per heavy atom. The number of unbranched alkanes of at least 4 members (excludes halogenated alkanes) is 1. The van der Waals surface area contributed by atoms with Gasteiger partial charge in [-0.3, -0.25) is 19.3 Å². The molecule has 3 aliphatic heterocycles. The minimum Gasteiger partial charge on any atom is -0.390 e. The van der Waals surface area contributed by atoms with E-state index in [0.717, 1.165) is 35.5 Å². The Hall–Kier alpha value is -3.28. The van der Waals surface area contributed by atoms with Gasteiger partial charge in [0.15, 0.2) is 0 Å². The molecular weight excluding hydrogens is 560 g/mol. The number of carbonyl (C=O) groups excluding carboxylic acids is 3. The van der Waals surface area contributed by atoms with Crippen LogP contribution in [0.15, 0.2) is 24.3 Å². The number of likely N-dealkylation sites (tertiary alicyclic amines) is 1. The number of aryl methyl sites for hydroxylation is 1. The van der Waals surface area contributed by atoms with Crippen molar-refractivity contribution >= 4 is 17.7 Å². The topological polar surface area (TPSA) is 120 Å². The Kier molecular flexibility index (Phi) is 9.77. The lowest BCUT2D eigenvalue weighted by Crippen LogP contribution is -2.75. The van der Waals surface area contributed by atoms with Crippen LogP contribution >= 0.6 is 0 Å². The van der Waals surface area contributed by atoms with Gasteiger partial charge in [0, 0.05) is 70.3 Å². The highest BCUT2D eigenvalue weighted by atomic mass is 16.5. The number of carbonyl (C=O) groups is 3. The van der Waals surface area contributed by atoms with E-state index in [1.54, 1.807) is 23.9 Å². The van der Waals surface area contributed by atoms with Crippen molar-refractivity contribution in [3.05, 3.63) is 46.8 Å². The first kappa shape index (κ1) is 32.1. The molecule has 3 saturated heterocycles. The van der Waals surface area contributed by atoms with Crippen LogP contribution in [0.1, 0.15) is 72.8 Å². The molecule has 44 heavy (non-hydrogen) atoms. The van der Waals surface area contributed by atoms with Crippen molar-refractivity contribution in [1.29, 1.82) is 0 Å². The van der Waals surface area contributed by atoms with Crippen LogP contribution in [0.25, 0.3) is 5.69 Å². The van der Waals surface area contributed by atoms with Crippen molar-refractivity contribution in [3.8, 4) is 5.69 Å². The molecule has 1 aromatic heterocycles. The zero-order valence-electron chi connectivity index (χ0n) is 26.8. The summed E-state index contributed by atoms with van der Waals surface area (Å²) in [6.45, 7) is 9.84. The van der Waals surface area contributed by atoms with E-state index in [1.165, 1.54) is 0 Å². The standard InChI is InChI=1S/C33H48N6O5/c1-6-7-16-38-31(42)28(29(40)24-12-19-44-20-13-24)34-32(43)33(38)14-17-37(18-15-33)21-27-22(2)35-39(23(27)3)26-10-8-25(9-11-26)30(41)36(4)5/h8-11,24,28-29,40H,6-7,12-21H2,1-5H3,(H,34,43)/t28-,29-/m1/s1. The molecule has 0 radical (unpaired) electrons. The summed E-state index contributed by atoms with van der Waals surface area (Å²) in [6.07, 6.45) is 3.28. The first-order chi connectivity index (χ1) is 21.1. The molecule has 5 rings (SSSR count). The maximum Gasteiger partial charge on any atom is 0.253 e. The number of piperazine rings is 1. The lowest BCUT2D eigenvalue weighted by atomic mass is 9.79. The Labute approximate surface area is 260 Å². The molecule has 1 aromatic carbocycles. The molecule has 1 spiro atoms. The van der Waals surface area contributed by atoms with E-state index in [-0.39, 0.29) is 23.6 Å². The number of benzene rings is 1. The van der Waals surface area contributed by atoms with Gasteiger partial charge in [-0.2, -0.15) is 5.10 Å². The molecule has 3 amide bonds. The quantitative estimate of drug-likeness (QED) is 0.449. The molecule has 240 valence electrons. The summed E-state index contributed by atoms with van der Waals surface area (Å²) in [5.74, 6) is -0.397. The molecule has 11 nitrogen and oxygen atoms in total. The van der Waals surface area contributed by atoms with Gasteiger partial charge >= 0.3 is 0 Å². The summed E-state index contributed by atoms with van der Waals surface area (Å²) in [5, 5.41) is 19.0. The van der Waals surface area contributed by atoms with Gasteiger partial charge in [0.05, 0.1) is 17.5 Å². The number of ether oxygens (including phenoxy) is 1. The first-order valence-corrected chi connectivity index (χ1v) is 16.0. The van der Waals surface area contributed by atoms with E-state index in [4.69, 9.17) is 9.84 Å². The molecule has 0 unspecified atom stereocenters. The van der Waals surface area contributed by atoms with Crippen LogP contribution in [0.4, 0.5) is 0 Å². The van der Waals surface area contributed by atoms with Gasteiger partial charge in [-0.1, -0.05) is 13.3 Å². The van der Waals surface area contributed by atoms with Gasteiger partial charge in [-0.05, 0) is 76.1 Å². The Balaban J connectivity index is 1.28. The van der Waals surface area contributed by atoms with Crippen LogP contribution in [0.3, 0.4) is 0 Å². The predicted octanol–water partition coefficient (Wildman–Crippen LogP) is 2.44. The number of nitrogens with one attached hydrogen (secondary N) is 1. The van der Waals surface area contributed by atoms with Gasteiger partial charge in [0.2, 0.25) is 11.8 Å². The molecule has 2 atom stereocenters. The molecule has 4 heterocycles. The monoisotopic (exact) mass is 608 g/mol. The second kappa shape index (κ2) is 13.4. The summed E-state index contributed by atoms with van der Waals surface area (Å²) < 4.78 is 7.36. The van der Waals surface area contributed by atoms with E-state index in [9.17, 15) is 19.5 Å². The van der Waals surface area contributed by atoms with Crippen LogP contribution in [0.5, 0.6) is 0 Å². The Bertz CT molecular complexity index is 1340. The number of nitrogens with zero attached hydrogens (tertiary/aromatic N) is 5. The Morgan fingerprint density at radius 2 is 1.80 bits per heavy atom. The van der Waals surface area contributed by atoms with Gasteiger partial charge < -0.3 is 25.0 Å². The molecule has 3 fully saturated rings. The van der Waals surface area contributed by atoms with Crippen molar-refractivity contribution < 1.29 is 24.2 Å². The third kappa shape index (κ3) is 6.14. The predicted molar refractivity (Wildman–Crippen MR) is 166 cm³/mol. The highest BCUT2D eigenvalue weighted by Crippen LogP contribution is 2.36. The van der Waals surface area contributed by atoms with E-state index in [1.807, 2.05) is 35.9 Å².